The van der Waals surface area contributed by atoms with Crippen LogP contribution in [0.4, 0.5) is 4.39 Å². The molecule has 0 bridgehead atoms. The molecule has 0 radical (unpaired) electrons. The highest BCUT2D eigenvalue weighted by molar-refractivity contribution is 5.96. The number of benzene rings is 1. The van der Waals surface area contributed by atoms with Crippen molar-refractivity contribution in [1.82, 2.24) is 14.9 Å². The first kappa shape index (κ1) is 13.2. The van der Waals surface area contributed by atoms with Gasteiger partial charge in [0.15, 0.2) is 0 Å². The summed E-state index contributed by atoms with van der Waals surface area (Å²) in [7, 11) is 1.70. The average Bonchev–Trinajstić information content (AvgIpc) is 2.50. The maximum atomic E-state index is 14.2. The molecule has 0 atom stereocenters. The molecular weight excluding hydrogens is 271 g/mol. The van der Waals surface area contributed by atoms with Gasteiger partial charge in [-0.2, -0.15) is 5.26 Å². The summed E-state index contributed by atoms with van der Waals surface area (Å²) >= 11 is 0. The van der Waals surface area contributed by atoms with Crippen LogP contribution in [0.3, 0.4) is 0 Å². The normalized spacial score (nSPS) is 13.8. The molecule has 0 unspecified atom stereocenters. The Bertz CT molecular complexity index is 782. The van der Waals surface area contributed by atoms with Crippen LogP contribution in [-0.2, 0) is 6.42 Å². The van der Waals surface area contributed by atoms with Gasteiger partial charge in [-0.15, -0.1) is 0 Å². The Balaban J connectivity index is 2.17. The van der Waals surface area contributed by atoms with Crippen LogP contribution in [0.1, 0.15) is 21.6 Å². The van der Waals surface area contributed by atoms with Crippen LogP contribution in [0.25, 0.3) is 11.3 Å². The minimum absolute atomic E-state index is 0.186. The van der Waals surface area contributed by atoms with Crippen molar-refractivity contribution in [3.63, 3.8) is 0 Å². The number of rotatable bonds is 1. The van der Waals surface area contributed by atoms with Gasteiger partial charge in [-0.25, -0.2) is 14.4 Å². The Hall–Kier alpha value is -2.81. The zero-order valence-electron chi connectivity index (χ0n) is 11.3. The number of hydrogen-bond acceptors (Lipinski definition) is 4. The number of halogens is 1. The third kappa shape index (κ3) is 2.13. The first-order chi connectivity index (χ1) is 10.1. The predicted octanol–water partition coefficient (Wildman–Crippen LogP) is 1.78. The number of carbonyl (C=O) groups excluding carboxylic acids is 1. The number of nitriles is 1. The molecule has 0 N–H and O–H groups in total. The lowest BCUT2D eigenvalue weighted by Gasteiger charge is -2.25. The molecule has 21 heavy (non-hydrogen) atoms. The van der Waals surface area contributed by atoms with Gasteiger partial charge in [0.05, 0.1) is 17.3 Å². The first-order valence-corrected chi connectivity index (χ1v) is 6.41. The minimum atomic E-state index is -0.527. The van der Waals surface area contributed by atoms with E-state index < -0.39 is 5.82 Å². The Morgan fingerprint density at radius 3 is 2.81 bits per heavy atom. The fourth-order valence-corrected chi connectivity index (χ4v) is 2.40. The molecule has 3 rings (SSSR count). The second kappa shape index (κ2) is 4.94. The van der Waals surface area contributed by atoms with E-state index in [0.717, 1.165) is 0 Å². The molecule has 5 nitrogen and oxygen atoms in total. The van der Waals surface area contributed by atoms with Crippen LogP contribution >= 0.6 is 0 Å². The fourth-order valence-electron chi connectivity index (χ4n) is 2.40. The monoisotopic (exact) mass is 282 g/mol. The summed E-state index contributed by atoms with van der Waals surface area (Å²) in [5.74, 6) is -0.713. The molecule has 1 amide bonds. The van der Waals surface area contributed by atoms with Gasteiger partial charge >= 0.3 is 0 Å². The van der Waals surface area contributed by atoms with Gasteiger partial charge in [0.1, 0.15) is 17.8 Å². The van der Waals surface area contributed by atoms with E-state index in [-0.39, 0.29) is 17.0 Å². The van der Waals surface area contributed by atoms with Crippen molar-refractivity contribution in [2.75, 3.05) is 13.6 Å². The van der Waals surface area contributed by atoms with Gasteiger partial charge < -0.3 is 4.90 Å². The molecule has 0 saturated heterocycles. The lowest BCUT2D eigenvalue weighted by atomic mass is 9.97. The minimum Gasteiger partial charge on any atom is -0.340 e. The number of aromatic nitrogens is 2. The molecule has 1 aliphatic rings. The second-order valence-electron chi connectivity index (χ2n) is 4.83. The van der Waals surface area contributed by atoms with Crippen LogP contribution in [0.2, 0.25) is 0 Å². The largest absolute Gasteiger partial charge is 0.340 e. The molecule has 2 heterocycles. The molecule has 1 aromatic heterocycles. The Labute approximate surface area is 120 Å². The third-order valence-electron chi connectivity index (χ3n) is 3.55. The van der Waals surface area contributed by atoms with Crippen molar-refractivity contribution >= 4 is 5.91 Å². The van der Waals surface area contributed by atoms with E-state index in [1.165, 1.54) is 24.5 Å². The molecule has 104 valence electrons. The highest BCUT2D eigenvalue weighted by Crippen LogP contribution is 2.29. The van der Waals surface area contributed by atoms with Crippen molar-refractivity contribution in [3.05, 3.63) is 47.2 Å². The molecule has 6 heteroatoms. The van der Waals surface area contributed by atoms with E-state index >= 15 is 0 Å². The van der Waals surface area contributed by atoms with Crippen LogP contribution in [0.5, 0.6) is 0 Å². The van der Waals surface area contributed by atoms with E-state index in [4.69, 9.17) is 5.26 Å². The standard InChI is InChI=1S/C15H11FN4O/c1-20-5-4-11-13(18-8-19-14(11)15(20)21)10-3-2-9(7-17)6-12(10)16/h2-3,6,8H,4-5H2,1H3. The maximum Gasteiger partial charge on any atom is 0.272 e. The van der Waals surface area contributed by atoms with Gasteiger partial charge in [-0.05, 0) is 24.6 Å². The molecule has 1 aromatic carbocycles. The zero-order valence-corrected chi connectivity index (χ0v) is 11.3. The van der Waals surface area contributed by atoms with E-state index in [0.29, 0.717) is 29.9 Å². The van der Waals surface area contributed by atoms with Gasteiger partial charge in [0.25, 0.3) is 5.91 Å². The van der Waals surface area contributed by atoms with Gasteiger partial charge in [-0.1, -0.05) is 0 Å². The van der Waals surface area contributed by atoms with Crippen molar-refractivity contribution in [2.24, 2.45) is 0 Å². The van der Waals surface area contributed by atoms with Crippen molar-refractivity contribution in [1.29, 1.82) is 5.26 Å². The average molecular weight is 282 g/mol. The maximum absolute atomic E-state index is 14.2. The predicted molar refractivity (Wildman–Crippen MR) is 72.8 cm³/mol. The summed E-state index contributed by atoms with van der Waals surface area (Å²) in [4.78, 5) is 21.8. The zero-order chi connectivity index (χ0) is 15.0. The summed E-state index contributed by atoms with van der Waals surface area (Å²) in [5, 5.41) is 8.79. The summed E-state index contributed by atoms with van der Waals surface area (Å²) in [6.45, 7) is 0.546. The van der Waals surface area contributed by atoms with Crippen LogP contribution in [-0.4, -0.2) is 34.4 Å². The lowest BCUT2D eigenvalue weighted by molar-refractivity contribution is 0.0774. The Kier molecular flexibility index (Phi) is 3.10. The summed E-state index contributed by atoms with van der Waals surface area (Å²) in [5.41, 5.74) is 1.92. The Morgan fingerprint density at radius 1 is 1.33 bits per heavy atom. The second-order valence-corrected chi connectivity index (χ2v) is 4.83. The first-order valence-electron chi connectivity index (χ1n) is 6.41. The Morgan fingerprint density at radius 2 is 2.10 bits per heavy atom. The summed E-state index contributed by atoms with van der Waals surface area (Å²) < 4.78 is 14.2. The molecule has 2 aromatic rings. The molecular formula is C15H11FN4O. The van der Waals surface area contributed by atoms with E-state index in [1.54, 1.807) is 11.9 Å². The van der Waals surface area contributed by atoms with Crippen LogP contribution in [0, 0.1) is 17.1 Å². The topological polar surface area (TPSA) is 69.9 Å². The van der Waals surface area contributed by atoms with Gasteiger partial charge in [-0.3, -0.25) is 4.79 Å². The number of amides is 1. The molecule has 0 aliphatic carbocycles. The molecule has 0 fully saturated rings. The number of hydrogen-bond donors (Lipinski definition) is 0. The number of nitrogens with zero attached hydrogens (tertiary/aromatic N) is 4. The van der Waals surface area contributed by atoms with E-state index in [2.05, 4.69) is 9.97 Å². The molecule has 1 aliphatic heterocycles. The highest BCUT2D eigenvalue weighted by atomic mass is 19.1. The van der Waals surface area contributed by atoms with Gasteiger partial charge in [0.2, 0.25) is 0 Å². The number of fused-ring (bicyclic) bond motifs is 1. The van der Waals surface area contributed by atoms with E-state index in [9.17, 15) is 9.18 Å². The summed E-state index contributed by atoms with van der Waals surface area (Å²) in [6.07, 6.45) is 1.84. The molecule has 0 saturated carbocycles. The fraction of sp³-hybridized carbons (Fsp3) is 0.200. The summed E-state index contributed by atoms with van der Waals surface area (Å²) in [6, 6.07) is 6.10. The van der Waals surface area contributed by atoms with Crippen molar-refractivity contribution < 1.29 is 9.18 Å². The molecule has 0 spiro atoms. The van der Waals surface area contributed by atoms with Gasteiger partial charge in [0, 0.05) is 24.7 Å². The van der Waals surface area contributed by atoms with E-state index in [1.807, 2.05) is 6.07 Å². The smallest absolute Gasteiger partial charge is 0.272 e. The van der Waals surface area contributed by atoms with Crippen molar-refractivity contribution in [3.8, 4) is 17.3 Å². The lowest BCUT2D eigenvalue weighted by Crippen LogP contribution is -2.35. The van der Waals surface area contributed by atoms with Crippen LogP contribution in [0.15, 0.2) is 24.5 Å². The SMILES string of the molecule is CN1CCc2c(ncnc2-c2ccc(C#N)cc2F)C1=O. The number of likely N-dealkylation sites (N-methyl/N-ethyl adjacent to an activating group) is 1. The van der Waals surface area contributed by atoms with Crippen molar-refractivity contribution in [2.45, 2.75) is 6.42 Å². The quantitative estimate of drug-likeness (QED) is 0.799. The third-order valence-corrected chi connectivity index (χ3v) is 3.55. The van der Waals surface area contributed by atoms with Crippen LogP contribution < -0.4 is 0 Å². The number of carbonyl (C=O) groups is 1. The highest BCUT2D eigenvalue weighted by Gasteiger charge is 2.27.